The van der Waals surface area contributed by atoms with Crippen LogP contribution >= 0.6 is 0 Å². The average Bonchev–Trinajstić information content (AvgIpc) is 2.85. The quantitative estimate of drug-likeness (QED) is 0.588. The summed E-state index contributed by atoms with van der Waals surface area (Å²) in [6.07, 6.45) is 6.88. The van der Waals surface area contributed by atoms with Gasteiger partial charge in [-0.25, -0.2) is 0 Å². The Balaban J connectivity index is 1.83. The molecule has 2 unspecified atom stereocenters. The molecule has 1 saturated carbocycles. The molecule has 0 aromatic rings. The molecule has 2 heteroatoms. The van der Waals surface area contributed by atoms with Gasteiger partial charge in [-0.2, -0.15) is 0 Å². The summed E-state index contributed by atoms with van der Waals surface area (Å²) >= 11 is 0. The maximum atomic E-state index is 8.86. The molecule has 1 heterocycles. The largest absolute Gasteiger partial charge is 0.396 e. The van der Waals surface area contributed by atoms with Crippen molar-refractivity contribution in [1.29, 1.82) is 0 Å². The lowest BCUT2D eigenvalue weighted by atomic mass is 10.2. The first-order valence-corrected chi connectivity index (χ1v) is 4.41. The molecular weight excluding hydrogens is 138 g/mol. The number of aliphatic hydroxyl groups excluding tert-OH is 1. The second kappa shape index (κ2) is 2.95. The third-order valence-electron chi connectivity index (χ3n) is 2.68. The Kier molecular flexibility index (Phi) is 1.96. The molecule has 1 aliphatic heterocycles. The van der Waals surface area contributed by atoms with Crippen molar-refractivity contribution in [3.63, 3.8) is 0 Å². The van der Waals surface area contributed by atoms with E-state index in [0.717, 1.165) is 6.54 Å². The lowest BCUT2D eigenvalue weighted by molar-refractivity contribution is 0.226. The minimum atomic E-state index is 0.380. The Morgan fingerprint density at radius 2 is 2.36 bits per heavy atom. The van der Waals surface area contributed by atoms with Crippen LogP contribution in [0.1, 0.15) is 12.8 Å². The zero-order valence-corrected chi connectivity index (χ0v) is 6.74. The summed E-state index contributed by atoms with van der Waals surface area (Å²) in [5, 5.41) is 8.86. The molecule has 2 rings (SSSR count). The summed E-state index contributed by atoms with van der Waals surface area (Å²) in [5.41, 5.74) is 0. The van der Waals surface area contributed by atoms with Crippen LogP contribution in [0.4, 0.5) is 0 Å². The van der Waals surface area contributed by atoms with Gasteiger partial charge in [-0.15, -0.1) is 0 Å². The van der Waals surface area contributed by atoms with Crippen LogP contribution in [0.3, 0.4) is 0 Å². The molecule has 62 valence electrons. The highest BCUT2D eigenvalue weighted by atomic mass is 16.3. The van der Waals surface area contributed by atoms with Gasteiger partial charge in [-0.1, -0.05) is 12.2 Å². The third-order valence-corrected chi connectivity index (χ3v) is 2.68. The molecule has 2 nitrogen and oxygen atoms in total. The molecule has 1 N–H and O–H groups in total. The Bertz CT molecular complexity index is 167. The molecule has 0 radical (unpaired) electrons. The van der Waals surface area contributed by atoms with Crippen LogP contribution in [-0.2, 0) is 0 Å². The second-order valence-corrected chi connectivity index (χ2v) is 3.50. The van der Waals surface area contributed by atoms with Crippen LogP contribution < -0.4 is 0 Å². The van der Waals surface area contributed by atoms with Crippen molar-refractivity contribution in [2.45, 2.75) is 18.9 Å². The first-order valence-electron chi connectivity index (χ1n) is 4.41. The molecule has 2 aliphatic rings. The highest BCUT2D eigenvalue weighted by Gasteiger charge is 2.40. The predicted molar refractivity (Wildman–Crippen MR) is 44.3 cm³/mol. The molecule has 0 saturated heterocycles. The number of hydrogen-bond acceptors (Lipinski definition) is 2. The van der Waals surface area contributed by atoms with Crippen LogP contribution in [0.25, 0.3) is 0 Å². The van der Waals surface area contributed by atoms with E-state index in [0.29, 0.717) is 18.6 Å². The summed E-state index contributed by atoms with van der Waals surface area (Å²) in [5.74, 6) is 0.585. The van der Waals surface area contributed by atoms with Gasteiger partial charge in [0.15, 0.2) is 0 Å². The number of hydrogen-bond donors (Lipinski definition) is 1. The molecule has 2 atom stereocenters. The Morgan fingerprint density at radius 1 is 1.45 bits per heavy atom. The number of rotatable bonds is 2. The number of nitrogens with zero attached hydrogens (tertiary/aromatic N) is 1. The summed E-state index contributed by atoms with van der Waals surface area (Å²) in [6, 6.07) is 0.699. The summed E-state index contributed by atoms with van der Waals surface area (Å²) in [4.78, 5) is 2.47. The highest BCUT2D eigenvalue weighted by molar-refractivity contribution is 5.00. The fourth-order valence-corrected chi connectivity index (χ4v) is 1.84. The minimum Gasteiger partial charge on any atom is -0.396 e. The van der Waals surface area contributed by atoms with E-state index >= 15 is 0 Å². The maximum absolute atomic E-state index is 8.86. The van der Waals surface area contributed by atoms with Crippen molar-refractivity contribution in [2.24, 2.45) is 5.92 Å². The zero-order chi connectivity index (χ0) is 7.68. The van der Waals surface area contributed by atoms with Gasteiger partial charge in [-0.05, 0) is 18.8 Å². The fourth-order valence-electron chi connectivity index (χ4n) is 1.84. The topological polar surface area (TPSA) is 23.5 Å². The van der Waals surface area contributed by atoms with E-state index < -0.39 is 0 Å². The third kappa shape index (κ3) is 1.47. The Morgan fingerprint density at radius 3 is 2.91 bits per heavy atom. The molecule has 0 spiro atoms. The van der Waals surface area contributed by atoms with E-state index in [9.17, 15) is 0 Å². The monoisotopic (exact) mass is 153 g/mol. The van der Waals surface area contributed by atoms with E-state index in [1.165, 1.54) is 19.4 Å². The SMILES string of the molecule is OCC1CC1N1CC=CCC1. The van der Waals surface area contributed by atoms with Gasteiger partial charge >= 0.3 is 0 Å². The van der Waals surface area contributed by atoms with Gasteiger partial charge < -0.3 is 5.11 Å². The number of aliphatic hydroxyl groups is 1. The summed E-state index contributed by atoms with van der Waals surface area (Å²) < 4.78 is 0. The Labute approximate surface area is 67.5 Å². The molecule has 0 aromatic heterocycles. The van der Waals surface area contributed by atoms with E-state index in [1.54, 1.807) is 0 Å². The average molecular weight is 153 g/mol. The van der Waals surface area contributed by atoms with E-state index in [4.69, 9.17) is 5.11 Å². The van der Waals surface area contributed by atoms with Crippen molar-refractivity contribution >= 4 is 0 Å². The van der Waals surface area contributed by atoms with Gasteiger partial charge in [0, 0.05) is 25.7 Å². The van der Waals surface area contributed by atoms with Crippen LogP contribution in [0.5, 0.6) is 0 Å². The van der Waals surface area contributed by atoms with E-state index in [1.807, 2.05) is 0 Å². The lowest BCUT2D eigenvalue weighted by Gasteiger charge is -2.22. The van der Waals surface area contributed by atoms with Crippen molar-refractivity contribution in [2.75, 3.05) is 19.7 Å². The van der Waals surface area contributed by atoms with Crippen LogP contribution in [0, 0.1) is 5.92 Å². The molecule has 0 bridgehead atoms. The first kappa shape index (κ1) is 7.32. The summed E-state index contributed by atoms with van der Waals surface area (Å²) in [7, 11) is 0. The van der Waals surface area contributed by atoms with Crippen LogP contribution in [0.15, 0.2) is 12.2 Å². The predicted octanol–water partition coefficient (Wildman–Crippen LogP) is 0.629. The van der Waals surface area contributed by atoms with Gasteiger partial charge in [-0.3, -0.25) is 4.90 Å². The van der Waals surface area contributed by atoms with Crippen LogP contribution in [-0.4, -0.2) is 35.7 Å². The highest BCUT2D eigenvalue weighted by Crippen LogP contribution is 2.35. The molecule has 1 fully saturated rings. The minimum absolute atomic E-state index is 0.380. The second-order valence-electron chi connectivity index (χ2n) is 3.50. The van der Waals surface area contributed by atoms with Gasteiger partial charge in [0.25, 0.3) is 0 Å². The first-order chi connectivity index (χ1) is 5.42. The normalized spacial score (nSPS) is 37.5. The Hall–Kier alpha value is -0.340. The van der Waals surface area contributed by atoms with E-state index in [-0.39, 0.29) is 0 Å². The van der Waals surface area contributed by atoms with E-state index in [2.05, 4.69) is 17.1 Å². The molecule has 0 amide bonds. The fraction of sp³-hybridized carbons (Fsp3) is 0.778. The molecular formula is C9H15NO. The van der Waals surface area contributed by atoms with Gasteiger partial charge in [0.2, 0.25) is 0 Å². The maximum Gasteiger partial charge on any atom is 0.0474 e. The van der Waals surface area contributed by atoms with Gasteiger partial charge in [0.1, 0.15) is 0 Å². The van der Waals surface area contributed by atoms with Crippen molar-refractivity contribution in [3.05, 3.63) is 12.2 Å². The zero-order valence-electron chi connectivity index (χ0n) is 6.74. The smallest absolute Gasteiger partial charge is 0.0474 e. The standard InChI is InChI=1S/C9H15NO/c11-7-8-6-9(8)10-4-2-1-3-5-10/h1-2,8-9,11H,3-7H2. The van der Waals surface area contributed by atoms with Crippen LogP contribution in [0.2, 0.25) is 0 Å². The molecule has 1 aliphatic carbocycles. The van der Waals surface area contributed by atoms with Gasteiger partial charge in [0.05, 0.1) is 0 Å². The summed E-state index contributed by atoms with van der Waals surface area (Å²) in [6.45, 7) is 2.67. The van der Waals surface area contributed by atoms with Crippen molar-refractivity contribution < 1.29 is 5.11 Å². The molecule has 11 heavy (non-hydrogen) atoms. The lowest BCUT2D eigenvalue weighted by Crippen LogP contribution is -2.30. The molecule has 0 aromatic carbocycles. The van der Waals surface area contributed by atoms with Crippen molar-refractivity contribution in [3.8, 4) is 0 Å². The van der Waals surface area contributed by atoms with Crippen molar-refractivity contribution in [1.82, 2.24) is 4.90 Å².